The average molecular weight is 535 g/mol. The van der Waals surface area contributed by atoms with Gasteiger partial charge in [-0.3, -0.25) is 0 Å². The summed E-state index contributed by atoms with van der Waals surface area (Å²) in [4.78, 5) is -2.49. The Morgan fingerprint density at radius 3 is 1.38 bits per heavy atom. The van der Waals surface area contributed by atoms with Gasteiger partial charge in [0.05, 0.1) is 5.56 Å². The van der Waals surface area contributed by atoms with Crippen molar-refractivity contribution in [1.29, 1.82) is 0 Å². The third-order valence-electron chi connectivity index (χ3n) is 3.16. The zero-order valence-electron chi connectivity index (χ0n) is 14.0. The molecule has 32 heavy (non-hydrogen) atoms. The van der Waals surface area contributed by atoms with Gasteiger partial charge in [-0.2, -0.15) is 26.3 Å². The Bertz CT molecular complexity index is 1150. The summed E-state index contributed by atoms with van der Waals surface area (Å²) in [7, 11) is -1.03. The minimum Gasteiger partial charge on any atom is -0.207 e. The van der Waals surface area contributed by atoms with E-state index in [2.05, 4.69) is 10.7 Å². The van der Waals surface area contributed by atoms with Crippen molar-refractivity contribution in [2.75, 3.05) is 0 Å². The number of rotatable bonds is 1. The first-order chi connectivity index (χ1) is 14.1. The van der Waals surface area contributed by atoms with E-state index in [0.717, 1.165) is 0 Å². The summed E-state index contributed by atoms with van der Waals surface area (Å²) >= 11 is 0. The normalized spacial score (nSPS) is 12.5. The quantitative estimate of drug-likeness (QED) is 0.182. The van der Waals surface area contributed by atoms with E-state index in [9.17, 15) is 69.9 Å². The molecule has 0 spiro atoms. The van der Waals surface area contributed by atoms with Crippen LogP contribution in [0.15, 0.2) is 11.0 Å². The minimum atomic E-state index is -5.78. The summed E-state index contributed by atoms with van der Waals surface area (Å²) in [6.45, 7) is 0. The van der Waals surface area contributed by atoms with E-state index in [4.69, 9.17) is 0 Å². The van der Waals surface area contributed by atoms with Crippen LogP contribution in [0.2, 0.25) is 0 Å². The van der Waals surface area contributed by atoms with Gasteiger partial charge in [0.15, 0.2) is 46.5 Å². The average Bonchev–Trinajstić information content (AvgIpc) is 2.61. The predicted octanol–water partition coefficient (Wildman–Crippen LogP) is 6.45. The SMILES string of the molecule is Fc1cc(C(F)(F)F)c(F)c(F)c1F.O=S(=O)(Cl)c1c(F)c(F)c(F)c(F)c1C(F)(F)F. The third-order valence-corrected chi connectivity index (χ3v) is 4.49. The zero-order valence-corrected chi connectivity index (χ0v) is 15.5. The minimum absolute atomic E-state index is 0.437. The van der Waals surface area contributed by atoms with E-state index in [1.165, 1.54) is 0 Å². The number of alkyl halides is 6. The Morgan fingerprint density at radius 1 is 0.594 bits per heavy atom. The van der Waals surface area contributed by atoms with Crippen LogP contribution < -0.4 is 0 Å². The van der Waals surface area contributed by atoms with Gasteiger partial charge in [0, 0.05) is 10.7 Å². The predicted molar refractivity (Wildman–Crippen MR) is 75.6 cm³/mol. The first-order valence-electron chi connectivity index (χ1n) is 6.91. The molecule has 0 aliphatic rings. The van der Waals surface area contributed by atoms with Crippen molar-refractivity contribution < 1.29 is 69.9 Å². The number of halogens is 15. The van der Waals surface area contributed by atoms with Crippen molar-refractivity contribution in [2.24, 2.45) is 0 Å². The fraction of sp³-hybridized carbons (Fsp3) is 0.143. The lowest BCUT2D eigenvalue weighted by Gasteiger charge is -2.13. The summed E-state index contributed by atoms with van der Waals surface area (Å²) in [6, 6.07) is -0.437. The van der Waals surface area contributed by atoms with Crippen molar-refractivity contribution in [3.05, 3.63) is 63.7 Å². The van der Waals surface area contributed by atoms with Crippen LogP contribution in [0.3, 0.4) is 0 Å². The van der Waals surface area contributed by atoms with Crippen LogP contribution >= 0.6 is 10.7 Å². The third kappa shape index (κ3) is 5.54. The van der Waals surface area contributed by atoms with Crippen LogP contribution in [0.4, 0.5) is 61.5 Å². The molecule has 180 valence electrons. The maximum absolute atomic E-state index is 13.0. The molecule has 2 aromatic rings. The highest BCUT2D eigenvalue weighted by molar-refractivity contribution is 8.13. The Balaban J connectivity index is 0.000000330. The Hall–Kier alpha value is -2.30. The van der Waals surface area contributed by atoms with Crippen molar-refractivity contribution in [3.63, 3.8) is 0 Å². The Labute approximate surface area is 171 Å². The highest BCUT2D eigenvalue weighted by Crippen LogP contribution is 2.40. The van der Waals surface area contributed by atoms with Crippen LogP contribution in [0.25, 0.3) is 0 Å². The summed E-state index contributed by atoms with van der Waals surface area (Å²) in [5, 5.41) is 0. The summed E-state index contributed by atoms with van der Waals surface area (Å²) < 4.78 is 194. The van der Waals surface area contributed by atoms with E-state index < -0.39 is 90.0 Å². The lowest BCUT2D eigenvalue weighted by atomic mass is 10.2. The van der Waals surface area contributed by atoms with Crippen molar-refractivity contribution in [3.8, 4) is 0 Å². The highest BCUT2D eigenvalue weighted by atomic mass is 35.7. The fourth-order valence-corrected chi connectivity index (χ4v) is 3.06. The molecule has 0 aromatic heterocycles. The van der Waals surface area contributed by atoms with E-state index in [0.29, 0.717) is 0 Å². The maximum Gasteiger partial charge on any atom is 0.420 e. The molecule has 0 amide bonds. The molecule has 0 bridgehead atoms. The second-order valence-corrected chi connectivity index (χ2v) is 7.74. The molecular formula is C14HClF14O2S. The molecule has 0 aliphatic heterocycles. The van der Waals surface area contributed by atoms with Gasteiger partial charge < -0.3 is 0 Å². The molecule has 0 fully saturated rings. The first kappa shape index (κ1) is 27.7. The molecule has 18 heteroatoms. The molecule has 0 saturated heterocycles. The zero-order chi connectivity index (χ0) is 25.6. The Kier molecular flexibility index (Phi) is 7.73. The van der Waals surface area contributed by atoms with E-state index in [-0.39, 0.29) is 0 Å². The van der Waals surface area contributed by atoms with E-state index >= 15 is 0 Å². The largest absolute Gasteiger partial charge is 0.420 e. The fourth-order valence-electron chi connectivity index (χ4n) is 1.87. The van der Waals surface area contributed by atoms with Crippen LogP contribution in [0, 0.1) is 46.5 Å². The number of hydrogen-bond donors (Lipinski definition) is 0. The molecule has 0 atom stereocenters. The molecule has 0 aliphatic carbocycles. The smallest absolute Gasteiger partial charge is 0.207 e. The molecule has 0 N–H and O–H groups in total. The standard InChI is InChI=1S/C7ClF7O2S.C7HF7/c8-18(16,17)6-1(7(13,14)15)2(9)3(10)4(11)5(6)12;8-3-1-2(7(12,13)14)4(9)6(11)5(3)10/h;1H. The van der Waals surface area contributed by atoms with Gasteiger partial charge in [-0.1, -0.05) is 0 Å². The maximum atomic E-state index is 13.0. The highest BCUT2D eigenvalue weighted by Gasteiger charge is 2.45. The van der Waals surface area contributed by atoms with Gasteiger partial charge in [-0.05, 0) is 6.07 Å². The van der Waals surface area contributed by atoms with Crippen LogP contribution in [-0.2, 0) is 21.4 Å². The van der Waals surface area contributed by atoms with Crippen molar-refractivity contribution in [1.82, 2.24) is 0 Å². The molecule has 2 nitrogen and oxygen atoms in total. The van der Waals surface area contributed by atoms with E-state index in [1.807, 2.05) is 0 Å². The summed E-state index contributed by atoms with van der Waals surface area (Å²) in [6.07, 6.45) is -11.0. The van der Waals surface area contributed by atoms with Crippen LogP contribution in [-0.4, -0.2) is 8.42 Å². The van der Waals surface area contributed by atoms with Gasteiger partial charge in [-0.15, -0.1) is 0 Å². The van der Waals surface area contributed by atoms with Crippen molar-refractivity contribution in [2.45, 2.75) is 17.2 Å². The lowest BCUT2D eigenvalue weighted by Crippen LogP contribution is -2.18. The molecular weight excluding hydrogens is 534 g/mol. The first-order valence-corrected chi connectivity index (χ1v) is 9.22. The number of hydrogen-bond acceptors (Lipinski definition) is 2. The van der Waals surface area contributed by atoms with Gasteiger partial charge in [0.25, 0.3) is 9.05 Å². The van der Waals surface area contributed by atoms with E-state index in [1.54, 1.807) is 0 Å². The van der Waals surface area contributed by atoms with Gasteiger partial charge >= 0.3 is 12.4 Å². The van der Waals surface area contributed by atoms with Crippen LogP contribution in [0.5, 0.6) is 0 Å². The van der Waals surface area contributed by atoms with Crippen molar-refractivity contribution >= 4 is 19.7 Å². The molecule has 0 radical (unpaired) electrons. The summed E-state index contributed by atoms with van der Waals surface area (Å²) in [5.74, 6) is -20.4. The molecule has 2 rings (SSSR count). The van der Waals surface area contributed by atoms with Gasteiger partial charge in [0.1, 0.15) is 10.5 Å². The second-order valence-electron chi connectivity index (χ2n) is 5.24. The molecule has 0 heterocycles. The summed E-state index contributed by atoms with van der Waals surface area (Å²) in [5.41, 5.74) is -5.00. The van der Waals surface area contributed by atoms with Gasteiger partial charge in [0.2, 0.25) is 0 Å². The lowest BCUT2D eigenvalue weighted by molar-refractivity contribution is -0.143. The molecule has 2 aromatic carbocycles. The molecule has 0 saturated carbocycles. The number of benzene rings is 2. The Morgan fingerprint density at radius 2 is 1.00 bits per heavy atom. The molecule has 0 unspecified atom stereocenters. The topological polar surface area (TPSA) is 34.1 Å². The van der Waals surface area contributed by atoms with Crippen LogP contribution in [0.1, 0.15) is 11.1 Å². The monoisotopic (exact) mass is 534 g/mol. The van der Waals surface area contributed by atoms with Gasteiger partial charge in [-0.25, -0.2) is 43.5 Å². The second kappa shape index (κ2) is 8.92.